The van der Waals surface area contributed by atoms with Crippen molar-refractivity contribution in [2.45, 2.75) is 79.8 Å². The van der Waals surface area contributed by atoms with Crippen molar-refractivity contribution in [3.63, 3.8) is 0 Å². The van der Waals surface area contributed by atoms with E-state index < -0.39 is 16.7 Å². The number of nitriles is 2. The number of halogens is 10. The molecular formula is C67H77Cl10N22O8P. The van der Waals surface area contributed by atoms with Crippen LogP contribution in [-0.2, 0) is 18.8 Å². The molecule has 108 heavy (non-hydrogen) atoms. The van der Waals surface area contributed by atoms with E-state index in [1.54, 1.807) is 63.2 Å². The number of hydrogen-bond donors (Lipinski definition) is 7. The molecule has 4 saturated heterocycles. The lowest BCUT2D eigenvalue weighted by Gasteiger charge is -2.37. The number of aliphatic hydroxyl groups excluding tert-OH is 1. The molecule has 0 aliphatic carbocycles. The summed E-state index contributed by atoms with van der Waals surface area (Å²) in [6.07, 6.45) is 4.81. The van der Waals surface area contributed by atoms with Gasteiger partial charge in [-0.15, -0.1) is 15.3 Å². The van der Waals surface area contributed by atoms with Crippen LogP contribution >= 0.6 is 120 Å². The lowest BCUT2D eigenvalue weighted by Crippen LogP contribution is -2.51. The summed E-state index contributed by atoms with van der Waals surface area (Å²) in [6.45, 7) is 18.1. The summed E-state index contributed by atoms with van der Waals surface area (Å²) in [5, 5.41) is 45.9. The van der Waals surface area contributed by atoms with Crippen molar-refractivity contribution in [3.8, 4) is 12.1 Å². The maximum atomic E-state index is 11.7. The predicted octanol–water partition coefficient (Wildman–Crippen LogP) is 14.6. The summed E-state index contributed by atoms with van der Waals surface area (Å²) in [5.41, 5.74) is 12.2. The third-order valence-corrected chi connectivity index (χ3v) is 16.9. The van der Waals surface area contributed by atoms with Crippen LogP contribution in [0.4, 0.5) is 26.9 Å². The molecule has 11 aromatic rings. The molecule has 15 rings (SSSR count). The van der Waals surface area contributed by atoms with Gasteiger partial charge in [0, 0.05) is 123 Å². The van der Waals surface area contributed by atoms with Crippen LogP contribution in [-0.4, -0.2) is 176 Å². The second kappa shape index (κ2) is 44.0. The molecule has 4 aliphatic heterocycles. The van der Waals surface area contributed by atoms with Crippen molar-refractivity contribution in [1.82, 2.24) is 79.3 Å². The third kappa shape index (κ3) is 27.6. The number of ether oxygens (including phenoxy) is 2. The van der Waals surface area contributed by atoms with Gasteiger partial charge in [-0.25, -0.2) is 45.1 Å². The molecule has 9 N–H and O–H groups in total. The number of rotatable bonds is 2. The number of aromatic amines is 1. The Labute approximate surface area is 670 Å². The maximum absolute atomic E-state index is 11.7. The Balaban J connectivity index is 0.000000226. The van der Waals surface area contributed by atoms with Gasteiger partial charge in [-0.3, -0.25) is 29.9 Å². The van der Waals surface area contributed by atoms with Crippen LogP contribution in [0.1, 0.15) is 75.6 Å². The van der Waals surface area contributed by atoms with Crippen molar-refractivity contribution in [1.29, 1.82) is 10.5 Å². The van der Waals surface area contributed by atoms with E-state index in [0.29, 0.717) is 87.4 Å². The van der Waals surface area contributed by atoms with Crippen LogP contribution in [0.5, 0.6) is 0 Å². The summed E-state index contributed by atoms with van der Waals surface area (Å²) in [5.74, 6) is 7.21. The summed E-state index contributed by atoms with van der Waals surface area (Å²) < 4.78 is 22.4. The Morgan fingerprint density at radius 2 is 1.11 bits per heavy atom. The number of nitrogens with one attached hydrogen (secondary N) is 4. The number of methoxy groups -OCH3 is 2. The first-order valence-corrected chi connectivity index (χ1v) is 39.2. The van der Waals surface area contributed by atoms with Gasteiger partial charge in [-0.05, 0) is 203 Å². The molecule has 30 nitrogen and oxygen atoms in total. The normalized spacial score (nSPS) is 14.6. The van der Waals surface area contributed by atoms with E-state index >= 15 is 0 Å². The van der Waals surface area contributed by atoms with E-state index in [9.17, 15) is 23.7 Å². The number of aryl methyl sites for hydroxylation is 3. The van der Waals surface area contributed by atoms with Gasteiger partial charge < -0.3 is 35.5 Å². The number of hydrazine groups is 1. The average molecular weight is 1700 g/mol. The molecule has 0 radical (unpaired) electrons. The molecule has 2 amide bonds. The fraction of sp³-hybridized carbons (Fsp3) is 0.343. The van der Waals surface area contributed by atoms with Crippen LogP contribution < -0.4 is 38.2 Å². The van der Waals surface area contributed by atoms with E-state index in [4.69, 9.17) is 96.0 Å². The molecule has 5 aromatic carbocycles. The zero-order chi connectivity index (χ0) is 78.8. The number of carbonyl (C=O) groups is 3. The minimum atomic E-state index is -3.22. The Bertz CT molecular complexity index is 5060. The van der Waals surface area contributed by atoms with Gasteiger partial charge in [0.25, 0.3) is 0 Å². The molecule has 41 heteroatoms. The van der Waals surface area contributed by atoms with Crippen LogP contribution in [0.2, 0.25) is 30.4 Å². The minimum Gasteiger partial charge on any atom is -0.457 e. The largest absolute Gasteiger partial charge is 0.457 e. The average Bonchev–Trinajstić information content (AvgIpc) is 1.46. The first-order valence-electron chi connectivity index (χ1n) is 32.1. The number of nitrogens with two attached hydrogens (primary N) is 2. The Morgan fingerprint density at radius 1 is 0.657 bits per heavy atom. The highest BCUT2D eigenvalue weighted by atomic mass is 36.0. The molecule has 0 bridgehead atoms. The predicted molar refractivity (Wildman–Crippen MR) is 430 cm³/mol. The second-order valence-corrected chi connectivity index (χ2v) is 32.3. The number of aliphatic hydroxyl groups is 1. The van der Waals surface area contributed by atoms with Crippen LogP contribution in [0, 0.1) is 43.4 Å². The first kappa shape index (κ1) is 90.7. The molecule has 6 aromatic heterocycles. The third-order valence-electron chi connectivity index (χ3n) is 15.3. The van der Waals surface area contributed by atoms with Crippen LogP contribution in [0.15, 0.2) is 95.8 Å². The number of amides is 2. The molecule has 10 heterocycles. The van der Waals surface area contributed by atoms with Gasteiger partial charge in [-0.2, -0.15) is 24.1 Å². The highest BCUT2D eigenvalue weighted by Crippen LogP contribution is 2.61. The smallest absolute Gasteiger partial charge is 0.411 e. The quantitative estimate of drug-likeness (QED) is 0.0161. The highest BCUT2D eigenvalue weighted by Gasteiger charge is 2.33. The van der Waals surface area contributed by atoms with E-state index in [1.165, 1.54) is 107 Å². The molecule has 4 aliphatic rings. The zero-order valence-corrected chi connectivity index (χ0v) is 66.8. The number of aromatic nitrogens is 12. The molecule has 0 saturated carbocycles. The number of fused-ring (bicyclic) bond motifs is 11. The first-order chi connectivity index (χ1) is 50.8. The highest BCUT2D eigenvalue weighted by molar-refractivity contribution is 8.24. The van der Waals surface area contributed by atoms with Crippen molar-refractivity contribution < 1.29 is 33.5 Å². The van der Waals surface area contributed by atoms with Gasteiger partial charge in [0.15, 0.2) is 16.9 Å². The van der Waals surface area contributed by atoms with Gasteiger partial charge in [0.1, 0.15) is 29.6 Å². The van der Waals surface area contributed by atoms with Gasteiger partial charge in [-0.1, -0.05) is 65.4 Å². The SMILES string of the molecule is C.C1CC2CNCCN2C1.CC(=O)NN.CCO.COC(=O)Cl.COC(=O)Nc1ccc(Cl)cc1C#N.Cc1nc2c3cc(Cl)ccc3[nH]c(=O)n2n1.Cc1nc2c3cc(Cl)ccc3nc(Cl)n2n1.Cc1nc2c3cc(Cl)ccc3nc(N3CCN4CCCC4C3)n2n1.N#Cc1cc(Cl)ccc1N.O=P(Cl)(Cl)Cl. The summed E-state index contributed by atoms with van der Waals surface area (Å²) in [7, 11) is 2.46. The maximum Gasteiger partial charge on any atom is 0.411 e. The van der Waals surface area contributed by atoms with Crippen LogP contribution in [0.3, 0.4) is 0 Å². The Hall–Kier alpha value is -7.95. The molecular weight excluding hydrogens is 1630 g/mol. The molecule has 4 fully saturated rings. The van der Waals surface area contributed by atoms with Crippen LogP contribution in [0.25, 0.3) is 49.7 Å². The second-order valence-electron chi connectivity index (χ2n) is 22.9. The van der Waals surface area contributed by atoms with Gasteiger partial charge >= 0.3 is 22.4 Å². The number of nitrogen functional groups attached to an aromatic ring is 1. The number of hydrogen-bond acceptors (Lipinski definition) is 24. The Kier molecular flexibility index (Phi) is 37.0. The molecule has 2 atom stereocenters. The number of H-pyrrole nitrogens is 1. The number of anilines is 3. The van der Waals surface area contributed by atoms with Crippen molar-refractivity contribution in [3.05, 3.63) is 160 Å². The summed E-state index contributed by atoms with van der Waals surface area (Å²) in [6, 6.07) is 31.2. The topological polar surface area (TPSA) is 402 Å². The lowest BCUT2D eigenvalue weighted by atomic mass is 10.1. The zero-order valence-electron chi connectivity index (χ0n) is 58.3. The van der Waals surface area contributed by atoms with E-state index in [-0.39, 0.29) is 25.6 Å². The molecule has 0 spiro atoms. The lowest BCUT2D eigenvalue weighted by molar-refractivity contribution is -0.119. The number of nitrogens with zero attached hydrogens (tertiary/aromatic N) is 16. The fourth-order valence-electron chi connectivity index (χ4n) is 10.8. The number of carbonyl (C=O) groups excluding carboxylic acids is 3. The molecule has 578 valence electrons. The van der Waals surface area contributed by atoms with E-state index in [1.807, 2.05) is 59.3 Å². The van der Waals surface area contributed by atoms with Crippen molar-refractivity contribution in [2.24, 2.45) is 5.84 Å². The summed E-state index contributed by atoms with van der Waals surface area (Å²) >= 11 is 53.8. The van der Waals surface area contributed by atoms with Crippen molar-refractivity contribution >= 4 is 205 Å². The van der Waals surface area contributed by atoms with Crippen molar-refractivity contribution in [2.75, 3.05) is 89.1 Å². The summed E-state index contributed by atoms with van der Waals surface area (Å²) in [4.78, 5) is 74.0. The standard InChI is InChI=1S/C17H19ClN6.C10H6Cl2N4.C10H7ClN4O.C9H7ClN2O2.C7H5ClN2.C7H14N2.C2H3ClO2.C2H6N2O.C2H6O.CH4.Cl3OP/c1-11-19-16-14-9-12(18)4-5-15(14)20-17(24(16)21-11)23-8-7-22-6-2-3-13(22)10-23;1-5-13-9-7-4-6(11)2-3-8(7)14-10(12)16(9)15-5;1-5-12-9-7-4-6(11)2-3-8(7)13-10(16)15(9)14-5;1-14-9(13)12-8-3-2-7(10)4-6(8)5-11;8-6-1-2-7(10)5(3-6)4-9;1-2-7-6-8-3-5-9(7)4-1;1-5-2(3)4;1-2(5)4-3;1-2-3;;1-5(2,3)4/h4-5,9,13H,2-3,6-8,10H2,1H3;2-4H,1H3;2-4H,1H3,(H,13,16);2-4H,1H3,(H,12,13);1-3H,10H2;7-8H,1-6H2;1H3;3H2,1H3,(H,4,5);3H,2H2,1H3;1H4;. The van der Waals surface area contributed by atoms with Gasteiger partial charge in [0.05, 0.1) is 47.6 Å². The number of piperazine rings is 2. The van der Waals surface area contributed by atoms with Gasteiger partial charge in [0.2, 0.25) is 17.1 Å². The Morgan fingerprint density at radius 3 is 1.63 bits per heavy atom. The minimum absolute atomic E-state index is 0. The molecule has 2 unspecified atom stereocenters. The van der Waals surface area contributed by atoms with E-state index in [0.717, 1.165) is 70.3 Å². The number of benzene rings is 5. The monoisotopic (exact) mass is 1700 g/mol. The van der Waals surface area contributed by atoms with E-state index in [2.05, 4.69) is 126 Å². The fourth-order valence-corrected chi connectivity index (χ4v) is 11.9.